The van der Waals surface area contributed by atoms with Crippen LogP contribution in [0.4, 0.5) is 0 Å². The van der Waals surface area contributed by atoms with E-state index >= 15 is 0 Å². The van der Waals surface area contributed by atoms with E-state index in [0.717, 1.165) is 29.9 Å². The number of rotatable bonds is 0. The quantitative estimate of drug-likeness (QED) is 0.668. The predicted molar refractivity (Wildman–Crippen MR) is 85.3 cm³/mol. The van der Waals surface area contributed by atoms with Crippen molar-refractivity contribution in [3.05, 3.63) is 23.9 Å². The van der Waals surface area contributed by atoms with Crippen molar-refractivity contribution in [3.63, 3.8) is 0 Å². The van der Waals surface area contributed by atoms with Gasteiger partial charge >= 0.3 is 0 Å². The van der Waals surface area contributed by atoms with E-state index < -0.39 is 0 Å². The number of aliphatic hydroxyl groups is 1. The predicted octanol–water partition coefficient (Wildman–Crippen LogP) is 3.62. The van der Waals surface area contributed by atoms with Crippen molar-refractivity contribution in [1.82, 2.24) is 0 Å². The molecule has 0 radical (unpaired) electrons. The Kier molecular flexibility index (Phi) is 2.89. The molecule has 0 heterocycles. The molecular weight excluding hydrogens is 258 g/mol. The summed E-state index contributed by atoms with van der Waals surface area (Å²) in [5.74, 6) is 3.05. The maximum atomic E-state index is 9.97. The Hall–Kier alpha value is -0.760. The Morgan fingerprint density at radius 2 is 2.00 bits per heavy atom. The Labute approximate surface area is 128 Å². The summed E-state index contributed by atoms with van der Waals surface area (Å²) in [7, 11) is 0. The van der Waals surface area contributed by atoms with Gasteiger partial charge in [0.05, 0.1) is 6.10 Å². The van der Waals surface area contributed by atoms with E-state index in [1.807, 2.05) is 0 Å². The van der Waals surface area contributed by atoms with Gasteiger partial charge in [0.25, 0.3) is 0 Å². The topological polar surface area (TPSA) is 46.2 Å². The van der Waals surface area contributed by atoms with Gasteiger partial charge < -0.3 is 10.8 Å². The average Bonchev–Trinajstić information content (AvgIpc) is 2.76. The van der Waals surface area contributed by atoms with E-state index in [2.05, 4.69) is 32.1 Å². The Morgan fingerprint density at radius 1 is 1.19 bits per heavy atom. The first-order valence-corrected chi connectivity index (χ1v) is 8.78. The summed E-state index contributed by atoms with van der Waals surface area (Å²) in [6.07, 6.45) is 13.9. The van der Waals surface area contributed by atoms with Gasteiger partial charge in [-0.15, -0.1) is 0 Å². The van der Waals surface area contributed by atoms with Gasteiger partial charge in [-0.1, -0.05) is 32.1 Å². The van der Waals surface area contributed by atoms with Gasteiger partial charge in [-0.2, -0.15) is 0 Å². The number of nitrogens with two attached hydrogens (primary N) is 1. The molecule has 0 bridgehead atoms. The van der Waals surface area contributed by atoms with Crippen LogP contribution in [0.3, 0.4) is 0 Å². The molecule has 0 amide bonds. The van der Waals surface area contributed by atoms with Crippen LogP contribution >= 0.6 is 0 Å². The summed E-state index contributed by atoms with van der Waals surface area (Å²) in [5, 5.41) is 9.97. The van der Waals surface area contributed by atoms with E-state index in [0.29, 0.717) is 11.3 Å². The average molecular weight is 287 g/mol. The molecule has 7 atom stereocenters. The SMILES string of the molecule is C[C@]12C=CC(O)CC1CC[C@@H]1[C@@H]2CC[C@]2(C)C(N)=CC[C@@H]12. The minimum atomic E-state index is -0.211. The zero-order valence-corrected chi connectivity index (χ0v) is 13.4. The maximum Gasteiger partial charge on any atom is 0.0724 e. The van der Waals surface area contributed by atoms with Crippen molar-refractivity contribution in [3.8, 4) is 0 Å². The lowest BCUT2D eigenvalue weighted by Gasteiger charge is -2.59. The second kappa shape index (κ2) is 4.38. The molecule has 116 valence electrons. The van der Waals surface area contributed by atoms with Crippen molar-refractivity contribution in [2.24, 2.45) is 40.2 Å². The third kappa shape index (κ3) is 1.75. The van der Waals surface area contributed by atoms with Crippen molar-refractivity contribution < 1.29 is 5.11 Å². The van der Waals surface area contributed by atoms with Crippen LogP contribution in [-0.4, -0.2) is 11.2 Å². The van der Waals surface area contributed by atoms with Crippen molar-refractivity contribution in [1.29, 1.82) is 0 Å². The molecule has 21 heavy (non-hydrogen) atoms. The molecule has 0 spiro atoms. The normalized spacial score (nSPS) is 55.4. The minimum absolute atomic E-state index is 0.211. The fourth-order valence-corrected chi connectivity index (χ4v) is 6.39. The molecule has 4 aliphatic rings. The number of aliphatic hydroxyl groups excluding tert-OH is 1. The van der Waals surface area contributed by atoms with E-state index in [9.17, 15) is 5.11 Å². The highest BCUT2D eigenvalue weighted by Gasteiger charge is 2.57. The molecule has 2 heteroatoms. The van der Waals surface area contributed by atoms with Crippen LogP contribution in [0.25, 0.3) is 0 Å². The molecule has 2 fully saturated rings. The standard InChI is InChI=1S/C19H29NO/c1-18-9-7-13(21)11-12(18)3-4-14-15-5-6-17(20)19(15,2)10-8-16(14)18/h6-7,9,12-16,21H,3-5,8,10-11,20H2,1-2H3/t12?,13?,14-,15-,16-,18-,19-/m0/s1. The summed E-state index contributed by atoms with van der Waals surface area (Å²) in [5.41, 5.74) is 8.08. The molecule has 3 N–H and O–H groups in total. The fourth-order valence-electron chi connectivity index (χ4n) is 6.39. The number of hydrogen-bond donors (Lipinski definition) is 2. The molecule has 4 aliphatic carbocycles. The highest BCUT2D eigenvalue weighted by Crippen LogP contribution is 2.64. The monoisotopic (exact) mass is 287 g/mol. The van der Waals surface area contributed by atoms with Crippen molar-refractivity contribution >= 4 is 0 Å². The smallest absolute Gasteiger partial charge is 0.0724 e. The first-order chi connectivity index (χ1) is 9.95. The highest BCUT2D eigenvalue weighted by atomic mass is 16.3. The largest absolute Gasteiger partial charge is 0.402 e. The van der Waals surface area contributed by atoms with Gasteiger partial charge in [-0.05, 0) is 67.6 Å². The number of allylic oxidation sites excluding steroid dienone is 3. The van der Waals surface area contributed by atoms with Gasteiger partial charge in [-0.25, -0.2) is 0 Å². The van der Waals surface area contributed by atoms with Crippen LogP contribution in [0.5, 0.6) is 0 Å². The van der Waals surface area contributed by atoms with Gasteiger partial charge in [0.2, 0.25) is 0 Å². The Balaban J connectivity index is 1.67. The summed E-state index contributed by atoms with van der Waals surface area (Å²) < 4.78 is 0. The fraction of sp³-hybridized carbons (Fsp3) is 0.789. The molecule has 2 saturated carbocycles. The van der Waals surface area contributed by atoms with Crippen LogP contribution in [0.2, 0.25) is 0 Å². The van der Waals surface area contributed by atoms with E-state index in [-0.39, 0.29) is 11.5 Å². The molecule has 0 aromatic carbocycles. The summed E-state index contributed by atoms with van der Waals surface area (Å²) in [6, 6.07) is 0. The molecule has 4 rings (SSSR count). The first kappa shape index (κ1) is 13.9. The molecule has 0 aliphatic heterocycles. The molecule has 0 saturated heterocycles. The van der Waals surface area contributed by atoms with Crippen molar-refractivity contribution in [2.75, 3.05) is 0 Å². The maximum absolute atomic E-state index is 9.97. The van der Waals surface area contributed by atoms with E-state index in [4.69, 9.17) is 5.73 Å². The zero-order chi connectivity index (χ0) is 14.8. The molecule has 0 aromatic rings. The molecule has 2 unspecified atom stereocenters. The van der Waals surface area contributed by atoms with Gasteiger partial charge in [0, 0.05) is 11.1 Å². The number of hydrogen-bond acceptors (Lipinski definition) is 2. The summed E-state index contributed by atoms with van der Waals surface area (Å²) in [6.45, 7) is 4.87. The lowest BCUT2D eigenvalue weighted by atomic mass is 9.46. The van der Waals surface area contributed by atoms with Crippen LogP contribution < -0.4 is 5.73 Å². The van der Waals surface area contributed by atoms with E-state index in [1.54, 1.807) is 0 Å². The van der Waals surface area contributed by atoms with Crippen molar-refractivity contribution in [2.45, 2.75) is 58.5 Å². The van der Waals surface area contributed by atoms with Gasteiger partial charge in [0.1, 0.15) is 0 Å². The van der Waals surface area contributed by atoms with Crippen LogP contribution in [-0.2, 0) is 0 Å². The third-order valence-corrected chi connectivity index (χ3v) is 7.81. The van der Waals surface area contributed by atoms with E-state index in [1.165, 1.54) is 32.1 Å². The molecule has 2 nitrogen and oxygen atoms in total. The second-order valence-electron chi connectivity index (χ2n) is 8.53. The Bertz CT molecular complexity index is 510. The minimum Gasteiger partial charge on any atom is -0.402 e. The lowest BCUT2D eigenvalue weighted by molar-refractivity contribution is -0.0712. The van der Waals surface area contributed by atoms with Gasteiger partial charge in [0.15, 0.2) is 0 Å². The summed E-state index contributed by atoms with van der Waals surface area (Å²) >= 11 is 0. The molecular formula is C19H29NO. The highest BCUT2D eigenvalue weighted by molar-refractivity contribution is 5.24. The second-order valence-corrected chi connectivity index (χ2v) is 8.53. The molecule has 0 aromatic heterocycles. The third-order valence-electron chi connectivity index (χ3n) is 7.81. The Morgan fingerprint density at radius 3 is 2.81 bits per heavy atom. The van der Waals surface area contributed by atoms with Crippen LogP contribution in [0.1, 0.15) is 52.4 Å². The van der Waals surface area contributed by atoms with Crippen LogP contribution in [0.15, 0.2) is 23.9 Å². The van der Waals surface area contributed by atoms with Gasteiger partial charge in [-0.3, -0.25) is 0 Å². The van der Waals surface area contributed by atoms with Crippen LogP contribution in [0, 0.1) is 34.5 Å². The first-order valence-electron chi connectivity index (χ1n) is 8.78. The lowest BCUT2D eigenvalue weighted by Crippen LogP contribution is -2.52. The summed E-state index contributed by atoms with van der Waals surface area (Å²) in [4.78, 5) is 0. The number of fused-ring (bicyclic) bond motifs is 5. The zero-order valence-electron chi connectivity index (χ0n) is 13.4.